The number of nitrogens with one attached hydrogen (secondary N) is 2. The summed E-state index contributed by atoms with van der Waals surface area (Å²) in [6.45, 7) is 3.94. The van der Waals surface area contributed by atoms with Gasteiger partial charge in [-0.05, 0) is 44.5 Å². The Bertz CT molecular complexity index is 477. The summed E-state index contributed by atoms with van der Waals surface area (Å²) in [5.74, 6) is 0.117. The first-order valence-electron chi connectivity index (χ1n) is 6.51. The van der Waals surface area contributed by atoms with E-state index in [1.165, 1.54) is 0 Å². The van der Waals surface area contributed by atoms with Gasteiger partial charge in [-0.15, -0.1) is 0 Å². The summed E-state index contributed by atoms with van der Waals surface area (Å²) in [6.07, 6.45) is 2.58. The zero-order chi connectivity index (χ0) is 14.1. The van der Waals surface area contributed by atoms with E-state index in [0.717, 1.165) is 25.9 Å². The van der Waals surface area contributed by atoms with Gasteiger partial charge in [-0.3, -0.25) is 4.72 Å². The van der Waals surface area contributed by atoms with E-state index in [-0.39, 0.29) is 5.75 Å². The van der Waals surface area contributed by atoms with Crippen LogP contribution in [-0.4, -0.2) is 27.3 Å². The van der Waals surface area contributed by atoms with Crippen LogP contribution in [0.1, 0.15) is 26.2 Å². The first kappa shape index (κ1) is 16.3. The molecule has 0 aliphatic carbocycles. The Labute approximate surface area is 120 Å². The molecule has 6 heteroatoms. The summed E-state index contributed by atoms with van der Waals surface area (Å²) >= 11 is 5.91. The van der Waals surface area contributed by atoms with Gasteiger partial charge < -0.3 is 5.32 Å². The third-order valence-electron chi connectivity index (χ3n) is 2.58. The molecule has 19 heavy (non-hydrogen) atoms. The molecule has 0 radical (unpaired) electrons. The van der Waals surface area contributed by atoms with Crippen LogP contribution < -0.4 is 10.0 Å². The third-order valence-corrected chi connectivity index (χ3v) is 4.27. The van der Waals surface area contributed by atoms with E-state index in [2.05, 4.69) is 17.0 Å². The molecule has 0 unspecified atom stereocenters. The molecule has 4 nitrogen and oxygen atoms in total. The molecule has 0 saturated carbocycles. The van der Waals surface area contributed by atoms with Crippen LogP contribution >= 0.6 is 11.6 Å². The van der Waals surface area contributed by atoms with E-state index in [4.69, 9.17) is 11.6 Å². The second-order valence-corrected chi connectivity index (χ2v) is 6.61. The molecule has 0 saturated heterocycles. The number of unbranched alkanes of at least 4 members (excludes halogenated alkanes) is 1. The fraction of sp³-hybridized carbons (Fsp3) is 0.538. The molecule has 108 valence electrons. The van der Waals surface area contributed by atoms with Crippen molar-refractivity contribution >= 4 is 27.3 Å². The molecule has 0 heterocycles. The van der Waals surface area contributed by atoms with E-state index < -0.39 is 10.0 Å². The van der Waals surface area contributed by atoms with E-state index in [0.29, 0.717) is 17.1 Å². The largest absolute Gasteiger partial charge is 0.317 e. The summed E-state index contributed by atoms with van der Waals surface area (Å²) in [5.41, 5.74) is 0.438. The summed E-state index contributed by atoms with van der Waals surface area (Å²) in [5, 5.41) is 3.66. The van der Waals surface area contributed by atoms with Gasteiger partial charge in [0, 0.05) is 0 Å². The number of benzene rings is 1. The van der Waals surface area contributed by atoms with Crippen LogP contribution in [0.5, 0.6) is 0 Å². The van der Waals surface area contributed by atoms with Crippen molar-refractivity contribution in [3.8, 4) is 0 Å². The summed E-state index contributed by atoms with van der Waals surface area (Å²) in [6, 6.07) is 6.83. The first-order valence-corrected chi connectivity index (χ1v) is 8.54. The molecule has 0 aliphatic heterocycles. The minimum atomic E-state index is -3.31. The quantitative estimate of drug-likeness (QED) is 0.690. The number of rotatable bonds is 9. The Hall–Kier alpha value is -0.780. The standard InChI is InChI=1S/C13H21ClN2O2S/c1-2-9-15-10-5-6-11-19(17,18)16-13-8-4-3-7-12(13)14/h3-4,7-8,15-16H,2,5-6,9-11H2,1H3. The number of para-hydroxylation sites is 1. The molecule has 1 aromatic carbocycles. The SMILES string of the molecule is CCCNCCCCS(=O)(=O)Nc1ccccc1Cl. The zero-order valence-electron chi connectivity index (χ0n) is 11.2. The smallest absolute Gasteiger partial charge is 0.232 e. The van der Waals surface area contributed by atoms with E-state index in [9.17, 15) is 8.42 Å². The lowest BCUT2D eigenvalue weighted by Gasteiger charge is -2.09. The molecular formula is C13H21ClN2O2S. The molecule has 1 aromatic rings. The fourth-order valence-electron chi connectivity index (χ4n) is 1.61. The summed E-state index contributed by atoms with van der Waals surface area (Å²) < 4.78 is 26.2. The van der Waals surface area contributed by atoms with Crippen molar-refractivity contribution in [1.29, 1.82) is 0 Å². The van der Waals surface area contributed by atoms with Crippen molar-refractivity contribution in [2.24, 2.45) is 0 Å². The van der Waals surface area contributed by atoms with Gasteiger partial charge in [0.2, 0.25) is 10.0 Å². The van der Waals surface area contributed by atoms with Crippen molar-refractivity contribution in [3.05, 3.63) is 29.3 Å². The lowest BCUT2D eigenvalue weighted by atomic mass is 10.3. The van der Waals surface area contributed by atoms with Crippen molar-refractivity contribution < 1.29 is 8.42 Å². The highest BCUT2D eigenvalue weighted by Crippen LogP contribution is 2.21. The minimum absolute atomic E-state index is 0.117. The maximum absolute atomic E-state index is 11.9. The predicted octanol–water partition coefficient (Wildman–Crippen LogP) is 2.86. The van der Waals surface area contributed by atoms with Crippen LogP contribution in [0, 0.1) is 0 Å². The molecule has 0 spiro atoms. The third kappa shape index (κ3) is 6.80. The summed E-state index contributed by atoms with van der Waals surface area (Å²) in [4.78, 5) is 0. The van der Waals surface area contributed by atoms with Gasteiger partial charge >= 0.3 is 0 Å². The molecule has 1 rings (SSSR count). The number of anilines is 1. The van der Waals surface area contributed by atoms with Crippen molar-refractivity contribution in [3.63, 3.8) is 0 Å². The van der Waals surface area contributed by atoms with Gasteiger partial charge in [-0.2, -0.15) is 0 Å². The Morgan fingerprint density at radius 1 is 1.16 bits per heavy atom. The molecular weight excluding hydrogens is 284 g/mol. The Morgan fingerprint density at radius 2 is 1.89 bits per heavy atom. The Balaban J connectivity index is 2.34. The van der Waals surface area contributed by atoms with Gasteiger partial charge in [0.1, 0.15) is 0 Å². The topological polar surface area (TPSA) is 58.2 Å². The second-order valence-electron chi connectivity index (χ2n) is 4.36. The van der Waals surface area contributed by atoms with Crippen molar-refractivity contribution in [2.45, 2.75) is 26.2 Å². The van der Waals surface area contributed by atoms with E-state index >= 15 is 0 Å². The molecule has 0 atom stereocenters. The van der Waals surface area contributed by atoms with E-state index in [1.54, 1.807) is 24.3 Å². The molecule has 0 fully saturated rings. The highest BCUT2D eigenvalue weighted by molar-refractivity contribution is 7.92. The van der Waals surface area contributed by atoms with Gasteiger partial charge in [0.15, 0.2) is 0 Å². The molecule has 0 aromatic heterocycles. The highest BCUT2D eigenvalue weighted by Gasteiger charge is 2.11. The monoisotopic (exact) mass is 304 g/mol. The minimum Gasteiger partial charge on any atom is -0.317 e. The van der Waals surface area contributed by atoms with Gasteiger partial charge in [0.05, 0.1) is 16.5 Å². The Kier molecular flexibility index (Phi) is 7.20. The van der Waals surface area contributed by atoms with Crippen LogP contribution in [0.15, 0.2) is 24.3 Å². The summed E-state index contributed by atoms with van der Waals surface area (Å²) in [7, 11) is -3.31. The van der Waals surface area contributed by atoms with Crippen LogP contribution in [0.4, 0.5) is 5.69 Å². The average Bonchev–Trinajstić information content (AvgIpc) is 2.36. The number of sulfonamides is 1. The average molecular weight is 305 g/mol. The lowest BCUT2D eigenvalue weighted by Crippen LogP contribution is -2.20. The van der Waals surface area contributed by atoms with Gasteiger partial charge in [-0.25, -0.2) is 8.42 Å². The van der Waals surface area contributed by atoms with Crippen LogP contribution in [0.3, 0.4) is 0 Å². The highest BCUT2D eigenvalue weighted by atomic mass is 35.5. The number of halogens is 1. The predicted molar refractivity (Wildman–Crippen MR) is 81.3 cm³/mol. The first-order chi connectivity index (χ1) is 9.05. The second kappa shape index (κ2) is 8.40. The van der Waals surface area contributed by atoms with Gasteiger partial charge in [-0.1, -0.05) is 30.7 Å². The fourth-order valence-corrected chi connectivity index (χ4v) is 3.04. The van der Waals surface area contributed by atoms with Crippen molar-refractivity contribution in [1.82, 2.24) is 5.32 Å². The van der Waals surface area contributed by atoms with Crippen LogP contribution in [0.25, 0.3) is 0 Å². The van der Waals surface area contributed by atoms with Gasteiger partial charge in [0.25, 0.3) is 0 Å². The van der Waals surface area contributed by atoms with Crippen LogP contribution in [-0.2, 0) is 10.0 Å². The number of hydrogen-bond donors (Lipinski definition) is 2. The van der Waals surface area contributed by atoms with Crippen LogP contribution in [0.2, 0.25) is 5.02 Å². The maximum atomic E-state index is 11.9. The number of hydrogen-bond acceptors (Lipinski definition) is 3. The molecule has 0 aliphatic rings. The maximum Gasteiger partial charge on any atom is 0.232 e. The normalized spacial score (nSPS) is 11.5. The molecule has 0 bridgehead atoms. The lowest BCUT2D eigenvalue weighted by molar-refractivity contribution is 0.590. The molecule has 0 amide bonds. The Morgan fingerprint density at radius 3 is 2.58 bits per heavy atom. The van der Waals surface area contributed by atoms with E-state index in [1.807, 2.05) is 0 Å². The molecule has 2 N–H and O–H groups in total. The zero-order valence-corrected chi connectivity index (χ0v) is 12.7. The van der Waals surface area contributed by atoms with Crippen molar-refractivity contribution in [2.75, 3.05) is 23.6 Å².